The number of unbranched alkanes of at least 4 members (excludes halogenated alkanes) is 1. The topological polar surface area (TPSA) is 103 Å². The van der Waals surface area contributed by atoms with Crippen molar-refractivity contribution in [1.82, 2.24) is 13.7 Å². The predicted molar refractivity (Wildman–Crippen MR) is 186 cm³/mol. The zero-order valence-electron chi connectivity index (χ0n) is 28.0. The quantitative estimate of drug-likeness (QED) is 0.112. The van der Waals surface area contributed by atoms with E-state index in [1.54, 1.807) is 17.9 Å². The SMILES string of the molecule is C=CCO[Si](C)(C=C)O[Si](C)(C)CCn1c(=O)n(CCCC)c(=O)n(CCC[Si](C)(C)O[Si](C)(CCC)OCC=C)c1=O. The van der Waals surface area contributed by atoms with Gasteiger partial charge < -0.3 is 17.1 Å². The Hall–Kier alpha value is -1.66. The highest BCUT2D eigenvalue weighted by Gasteiger charge is 2.38. The Morgan fingerprint density at radius 2 is 1.12 bits per heavy atom. The highest BCUT2D eigenvalue weighted by atomic mass is 28.4. The van der Waals surface area contributed by atoms with Crippen LogP contribution in [0, 0.1) is 0 Å². The maximum absolute atomic E-state index is 13.6. The molecule has 1 heterocycles. The largest absolute Gasteiger partial charge is 0.436 e. The number of hydrogen-bond acceptors (Lipinski definition) is 7. The molecular formula is C29H57N3O7Si4. The average molecular weight is 672 g/mol. The van der Waals surface area contributed by atoms with Crippen molar-refractivity contribution in [1.29, 1.82) is 0 Å². The van der Waals surface area contributed by atoms with Gasteiger partial charge in [-0.1, -0.05) is 44.5 Å². The smallest absolute Gasteiger partial charge is 0.351 e. The molecule has 14 heteroatoms. The summed E-state index contributed by atoms with van der Waals surface area (Å²) < 4.78 is 28.9. The Labute approximate surface area is 262 Å². The summed E-state index contributed by atoms with van der Waals surface area (Å²) >= 11 is 0. The van der Waals surface area contributed by atoms with Crippen molar-refractivity contribution in [2.75, 3.05) is 13.2 Å². The molecule has 2 unspecified atom stereocenters. The molecule has 0 aromatic carbocycles. The van der Waals surface area contributed by atoms with Crippen LogP contribution in [0.3, 0.4) is 0 Å². The number of aromatic nitrogens is 3. The van der Waals surface area contributed by atoms with Gasteiger partial charge >= 0.3 is 34.2 Å². The maximum Gasteiger partial charge on any atom is 0.351 e. The van der Waals surface area contributed by atoms with Gasteiger partial charge in [0.05, 0.1) is 13.2 Å². The summed E-state index contributed by atoms with van der Waals surface area (Å²) in [7, 11) is -9.58. The van der Waals surface area contributed by atoms with Gasteiger partial charge in [0.15, 0.2) is 16.6 Å². The molecule has 0 bridgehead atoms. The van der Waals surface area contributed by atoms with Crippen molar-refractivity contribution in [3.05, 3.63) is 69.0 Å². The van der Waals surface area contributed by atoms with Crippen LogP contribution < -0.4 is 17.1 Å². The van der Waals surface area contributed by atoms with Crippen molar-refractivity contribution >= 4 is 33.8 Å². The van der Waals surface area contributed by atoms with E-state index in [4.69, 9.17) is 17.1 Å². The highest BCUT2D eigenvalue weighted by molar-refractivity contribution is 6.85. The minimum absolute atomic E-state index is 0.164. The van der Waals surface area contributed by atoms with Gasteiger partial charge in [0.2, 0.25) is 0 Å². The van der Waals surface area contributed by atoms with Gasteiger partial charge in [-0.2, -0.15) is 0 Å². The van der Waals surface area contributed by atoms with E-state index in [2.05, 4.69) is 46.3 Å². The van der Waals surface area contributed by atoms with E-state index < -0.39 is 50.8 Å². The van der Waals surface area contributed by atoms with Crippen molar-refractivity contribution in [3.8, 4) is 0 Å². The zero-order valence-corrected chi connectivity index (χ0v) is 32.0. The van der Waals surface area contributed by atoms with Gasteiger partial charge in [0.25, 0.3) is 0 Å². The first kappa shape index (κ1) is 39.4. The van der Waals surface area contributed by atoms with Crippen molar-refractivity contribution in [2.24, 2.45) is 0 Å². The Bertz CT molecular complexity index is 1240. The van der Waals surface area contributed by atoms with Gasteiger partial charge in [-0.05, 0) is 70.3 Å². The second kappa shape index (κ2) is 17.7. The molecule has 10 nitrogen and oxygen atoms in total. The summed E-state index contributed by atoms with van der Waals surface area (Å²) in [6, 6.07) is 2.14. The van der Waals surface area contributed by atoms with E-state index in [9.17, 15) is 14.4 Å². The lowest BCUT2D eigenvalue weighted by Crippen LogP contribution is -2.55. The molecule has 0 spiro atoms. The molecule has 0 saturated carbocycles. The van der Waals surface area contributed by atoms with Gasteiger partial charge in [0, 0.05) is 19.6 Å². The molecule has 2 atom stereocenters. The first-order valence-electron chi connectivity index (χ1n) is 15.5. The Balaban J connectivity index is 3.26. The normalized spacial score (nSPS) is 15.1. The molecule has 0 aliphatic carbocycles. The minimum Gasteiger partial charge on any atom is -0.436 e. The van der Waals surface area contributed by atoms with Gasteiger partial charge in [-0.15, -0.1) is 19.7 Å². The zero-order chi connectivity index (χ0) is 32.9. The number of rotatable bonds is 23. The van der Waals surface area contributed by atoms with Crippen LogP contribution in [0.2, 0.25) is 57.4 Å². The monoisotopic (exact) mass is 671 g/mol. The van der Waals surface area contributed by atoms with E-state index in [1.165, 1.54) is 13.7 Å². The van der Waals surface area contributed by atoms with Crippen molar-refractivity contribution < 1.29 is 17.1 Å². The molecule has 0 radical (unpaired) electrons. The van der Waals surface area contributed by atoms with Crippen LogP contribution in [0.5, 0.6) is 0 Å². The molecular weight excluding hydrogens is 615 g/mol. The van der Waals surface area contributed by atoms with Crippen LogP contribution in [0.4, 0.5) is 0 Å². The standard InChI is InChI=1S/C29H57N3O7Si4/c1-12-17-19-30-27(33)31(20-18-25-40(6,7)39-43(11,24-15-4)37-23-14-3)29(35)32(28(30)34)21-26-41(8,9)38-42(10,16-5)36-22-13-2/h13-14,16H,2-3,5,12,15,17-26H2,1,4,6-11H3. The van der Waals surface area contributed by atoms with E-state index in [0.717, 1.165) is 24.9 Å². The molecule has 1 rings (SSSR count). The molecule has 0 saturated heterocycles. The van der Waals surface area contributed by atoms with E-state index in [-0.39, 0.29) is 19.6 Å². The van der Waals surface area contributed by atoms with Gasteiger partial charge in [0.1, 0.15) is 0 Å². The van der Waals surface area contributed by atoms with Crippen LogP contribution in [-0.2, 0) is 36.7 Å². The van der Waals surface area contributed by atoms with Crippen molar-refractivity contribution in [2.45, 2.75) is 117 Å². The summed E-state index contributed by atoms with van der Waals surface area (Å²) in [5.74, 6) is 0. The van der Waals surface area contributed by atoms with Crippen LogP contribution in [-0.4, -0.2) is 60.7 Å². The first-order valence-corrected chi connectivity index (χ1v) is 26.7. The summed E-state index contributed by atoms with van der Waals surface area (Å²) in [4.78, 5) is 40.5. The minimum atomic E-state index is -2.65. The third-order valence-corrected chi connectivity index (χ3v) is 21.7. The molecule has 0 amide bonds. The molecule has 0 aliphatic rings. The number of hydrogen-bond donors (Lipinski definition) is 0. The predicted octanol–water partition coefficient (Wildman–Crippen LogP) is 5.49. The second-order valence-corrected chi connectivity index (χ2v) is 28.0. The molecule has 43 heavy (non-hydrogen) atoms. The molecule has 246 valence electrons. The van der Waals surface area contributed by atoms with E-state index in [1.807, 2.05) is 26.6 Å². The molecule has 0 fully saturated rings. The maximum atomic E-state index is 13.6. The third kappa shape index (κ3) is 12.7. The highest BCUT2D eigenvalue weighted by Crippen LogP contribution is 2.25. The fraction of sp³-hybridized carbons (Fsp3) is 0.690. The Kier molecular flexibility index (Phi) is 16.2. The van der Waals surface area contributed by atoms with E-state index >= 15 is 0 Å². The summed E-state index contributed by atoms with van der Waals surface area (Å²) in [5.41, 5.74) is 0.0637. The third-order valence-electron chi connectivity index (χ3n) is 7.26. The first-order chi connectivity index (χ1) is 20.0. The molecule has 0 aliphatic heterocycles. The van der Waals surface area contributed by atoms with Crippen LogP contribution in [0.25, 0.3) is 0 Å². The average Bonchev–Trinajstić information content (AvgIpc) is 2.92. The lowest BCUT2D eigenvalue weighted by Gasteiger charge is -2.35. The fourth-order valence-electron chi connectivity index (χ4n) is 5.05. The fourth-order valence-corrected chi connectivity index (χ4v) is 20.0. The molecule has 1 aromatic rings. The lowest BCUT2D eigenvalue weighted by atomic mass is 10.3. The summed E-state index contributed by atoms with van der Waals surface area (Å²) in [6.07, 6.45) is 6.47. The van der Waals surface area contributed by atoms with E-state index in [0.29, 0.717) is 32.1 Å². The van der Waals surface area contributed by atoms with Crippen LogP contribution >= 0.6 is 0 Å². The van der Waals surface area contributed by atoms with Crippen LogP contribution in [0.15, 0.2) is 52.0 Å². The summed E-state index contributed by atoms with van der Waals surface area (Å²) in [6.45, 7) is 29.4. The van der Waals surface area contributed by atoms with Crippen molar-refractivity contribution in [3.63, 3.8) is 0 Å². The second-order valence-electron chi connectivity index (χ2n) is 12.5. The Morgan fingerprint density at radius 3 is 1.60 bits per heavy atom. The van der Waals surface area contributed by atoms with Gasteiger partial charge in [-0.25, -0.2) is 28.1 Å². The number of nitrogens with zero attached hydrogens (tertiary/aromatic N) is 3. The summed E-state index contributed by atoms with van der Waals surface area (Å²) in [5, 5.41) is 0. The van der Waals surface area contributed by atoms with Crippen LogP contribution in [0.1, 0.15) is 39.5 Å². The molecule has 0 N–H and O–H groups in total. The van der Waals surface area contributed by atoms with Gasteiger partial charge in [-0.3, -0.25) is 0 Å². The molecule has 1 aromatic heterocycles. The lowest BCUT2D eigenvalue weighted by molar-refractivity contribution is 0.267. The Morgan fingerprint density at radius 1 is 0.628 bits per heavy atom.